The van der Waals surface area contributed by atoms with E-state index in [1.165, 1.54) is 51.3 Å². The summed E-state index contributed by atoms with van der Waals surface area (Å²) in [5.74, 6) is 0. The van der Waals surface area contributed by atoms with E-state index in [1.807, 2.05) is 13.1 Å². The third kappa shape index (κ3) is 3.32. The zero-order chi connectivity index (χ0) is 13.1. The summed E-state index contributed by atoms with van der Waals surface area (Å²) in [6.45, 7) is 10.3. The van der Waals surface area contributed by atoms with Crippen LogP contribution >= 0.6 is 0 Å². The highest BCUT2D eigenvalue weighted by molar-refractivity contribution is 5.13. The van der Waals surface area contributed by atoms with Crippen molar-refractivity contribution in [3.63, 3.8) is 0 Å². The molecule has 0 aliphatic carbocycles. The molecule has 0 saturated carbocycles. The highest BCUT2D eigenvalue weighted by atomic mass is 15.3. The molecule has 4 nitrogen and oxygen atoms in total. The molecule has 1 unspecified atom stereocenters. The molecule has 2 aliphatic rings. The van der Waals surface area contributed by atoms with Crippen LogP contribution in [0.5, 0.6) is 0 Å². The van der Waals surface area contributed by atoms with E-state index in [2.05, 4.69) is 32.2 Å². The van der Waals surface area contributed by atoms with Gasteiger partial charge in [0.25, 0.3) is 0 Å². The average molecular weight is 260 g/mol. The van der Waals surface area contributed by atoms with E-state index in [4.69, 9.17) is 0 Å². The number of nitrogens with zero attached hydrogens (tertiary/aromatic N) is 3. The fraction of sp³-hybridized carbons (Fsp3) is 0.667. The molecule has 1 N–H and O–H groups in total. The second kappa shape index (κ2) is 5.99. The first-order chi connectivity index (χ1) is 9.31. The van der Waals surface area contributed by atoms with Gasteiger partial charge < -0.3 is 5.32 Å². The Morgan fingerprint density at radius 3 is 2.74 bits per heavy atom. The first-order valence-corrected chi connectivity index (χ1v) is 7.40. The molecular formula is C15H24N4. The monoisotopic (exact) mass is 260 g/mol. The van der Waals surface area contributed by atoms with E-state index in [0.29, 0.717) is 0 Å². The molecule has 104 valence electrons. The summed E-state index contributed by atoms with van der Waals surface area (Å²) < 4.78 is 0. The Morgan fingerprint density at radius 1 is 1.26 bits per heavy atom. The maximum Gasteiger partial charge on any atom is 0.0372 e. The van der Waals surface area contributed by atoms with E-state index in [9.17, 15) is 0 Å². The average Bonchev–Trinajstić information content (AvgIpc) is 2.96. The molecule has 19 heavy (non-hydrogen) atoms. The van der Waals surface area contributed by atoms with Crippen molar-refractivity contribution in [1.82, 2.24) is 20.1 Å². The fourth-order valence-electron chi connectivity index (χ4n) is 3.09. The van der Waals surface area contributed by atoms with Crippen molar-refractivity contribution in [3.8, 4) is 0 Å². The molecule has 0 amide bonds. The van der Waals surface area contributed by atoms with Crippen molar-refractivity contribution in [1.29, 1.82) is 0 Å². The van der Waals surface area contributed by atoms with Crippen molar-refractivity contribution >= 4 is 0 Å². The zero-order valence-corrected chi connectivity index (χ0v) is 11.8. The first kappa shape index (κ1) is 13.0. The van der Waals surface area contributed by atoms with Gasteiger partial charge in [0.1, 0.15) is 0 Å². The number of rotatable bonds is 3. The minimum absolute atomic E-state index is 0.781. The highest BCUT2D eigenvalue weighted by Crippen LogP contribution is 2.13. The van der Waals surface area contributed by atoms with Crippen molar-refractivity contribution in [3.05, 3.63) is 29.6 Å². The van der Waals surface area contributed by atoms with Gasteiger partial charge in [0, 0.05) is 57.2 Å². The number of aryl methyl sites for hydroxylation is 1. The van der Waals surface area contributed by atoms with Crippen LogP contribution in [0, 0.1) is 6.92 Å². The quantitative estimate of drug-likeness (QED) is 0.874. The Morgan fingerprint density at radius 2 is 2.11 bits per heavy atom. The van der Waals surface area contributed by atoms with Crippen LogP contribution in [0.15, 0.2) is 18.3 Å². The lowest BCUT2D eigenvalue weighted by Gasteiger charge is -2.37. The maximum absolute atomic E-state index is 4.38. The van der Waals surface area contributed by atoms with E-state index < -0.39 is 0 Å². The largest absolute Gasteiger partial charge is 0.315 e. The molecule has 0 radical (unpaired) electrons. The minimum Gasteiger partial charge on any atom is -0.315 e. The molecule has 3 rings (SSSR count). The van der Waals surface area contributed by atoms with Gasteiger partial charge in [-0.2, -0.15) is 0 Å². The van der Waals surface area contributed by atoms with Gasteiger partial charge in [-0.05, 0) is 31.5 Å². The highest BCUT2D eigenvalue weighted by Gasteiger charge is 2.25. The van der Waals surface area contributed by atoms with E-state index in [-0.39, 0.29) is 0 Å². The second-order valence-corrected chi connectivity index (χ2v) is 5.77. The molecule has 4 heteroatoms. The van der Waals surface area contributed by atoms with Crippen LogP contribution in [0.25, 0.3) is 0 Å². The third-order valence-electron chi connectivity index (χ3n) is 4.34. The summed E-state index contributed by atoms with van der Waals surface area (Å²) in [6.07, 6.45) is 3.34. The molecule has 2 saturated heterocycles. The Kier molecular flexibility index (Phi) is 4.11. The van der Waals surface area contributed by atoms with Crippen LogP contribution in [0.3, 0.4) is 0 Å². The lowest BCUT2D eigenvalue weighted by Crippen LogP contribution is -2.50. The summed E-state index contributed by atoms with van der Waals surface area (Å²) in [5.41, 5.74) is 2.43. The van der Waals surface area contributed by atoms with Crippen LogP contribution in [-0.2, 0) is 6.54 Å². The maximum atomic E-state index is 4.38. The SMILES string of the molecule is Cc1ccc(CN2CCN(C3CCNC3)CC2)cn1. The molecule has 1 aromatic rings. The van der Waals surface area contributed by atoms with Crippen molar-refractivity contribution < 1.29 is 0 Å². The Bertz CT molecular complexity index is 389. The molecule has 0 aromatic carbocycles. The van der Waals surface area contributed by atoms with E-state index >= 15 is 0 Å². The summed E-state index contributed by atoms with van der Waals surface area (Å²) >= 11 is 0. The van der Waals surface area contributed by atoms with Gasteiger partial charge in [-0.3, -0.25) is 14.8 Å². The Hall–Kier alpha value is -0.970. The van der Waals surface area contributed by atoms with Crippen LogP contribution in [0.4, 0.5) is 0 Å². The molecule has 0 spiro atoms. The summed E-state index contributed by atoms with van der Waals surface area (Å²) in [7, 11) is 0. The van der Waals surface area contributed by atoms with Crippen molar-refractivity contribution in [2.24, 2.45) is 0 Å². The molecule has 1 aromatic heterocycles. The van der Waals surface area contributed by atoms with Crippen molar-refractivity contribution in [2.45, 2.75) is 25.9 Å². The Balaban J connectivity index is 1.48. The summed E-state index contributed by atoms with van der Waals surface area (Å²) in [4.78, 5) is 9.58. The molecular weight excluding hydrogens is 236 g/mol. The number of hydrogen-bond acceptors (Lipinski definition) is 4. The normalized spacial score (nSPS) is 25.8. The first-order valence-electron chi connectivity index (χ1n) is 7.40. The smallest absolute Gasteiger partial charge is 0.0372 e. The standard InChI is InChI=1S/C15H24N4/c1-13-2-3-14(10-17-13)12-18-6-8-19(9-7-18)15-4-5-16-11-15/h2-3,10,15-16H,4-9,11-12H2,1H3. The minimum atomic E-state index is 0.781. The van der Waals surface area contributed by atoms with Gasteiger partial charge in [0.05, 0.1) is 0 Å². The summed E-state index contributed by atoms with van der Waals surface area (Å²) in [6, 6.07) is 5.09. The van der Waals surface area contributed by atoms with Gasteiger partial charge in [-0.1, -0.05) is 6.07 Å². The second-order valence-electron chi connectivity index (χ2n) is 5.77. The summed E-state index contributed by atoms with van der Waals surface area (Å²) in [5, 5.41) is 3.46. The van der Waals surface area contributed by atoms with Crippen molar-refractivity contribution in [2.75, 3.05) is 39.3 Å². The fourth-order valence-corrected chi connectivity index (χ4v) is 3.09. The molecule has 0 bridgehead atoms. The zero-order valence-electron chi connectivity index (χ0n) is 11.8. The Labute approximate surface area is 115 Å². The van der Waals surface area contributed by atoms with E-state index in [1.54, 1.807) is 0 Å². The van der Waals surface area contributed by atoms with Crippen LogP contribution in [-0.4, -0.2) is 60.1 Å². The predicted octanol–water partition coefficient (Wildman–Crippen LogP) is 0.870. The van der Waals surface area contributed by atoms with Gasteiger partial charge in [-0.15, -0.1) is 0 Å². The van der Waals surface area contributed by atoms with Gasteiger partial charge in [-0.25, -0.2) is 0 Å². The number of nitrogens with one attached hydrogen (secondary N) is 1. The van der Waals surface area contributed by atoms with Crippen LogP contribution < -0.4 is 5.32 Å². The van der Waals surface area contributed by atoms with E-state index in [0.717, 1.165) is 18.3 Å². The van der Waals surface area contributed by atoms with Crippen LogP contribution in [0.1, 0.15) is 17.7 Å². The molecule has 2 aliphatic heterocycles. The number of pyridine rings is 1. The van der Waals surface area contributed by atoms with Crippen LogP contribution in [0.2, 0.25) is 0 Å². The third-order valence-corrected chi connectivity index (χ3v) is 4.34. The lowest BCUT2D eigenvalue weighted by molar-refractivity contribution is 0.0981. The number of piperazine rings is 1. The molecule has 1 atom stereocenters. The number of hydrogen-bond donors (Lipinski definition) is 1. The topological polar surface area (TPSA) is 31.4 Å². The van der Waals surface area contributed by atoms with Gasteiger partial charge in [0.15, 0.2) is 0 Å². The lowest BCUT2D eigenvalue weighted by atomic mass is 10.1. The molecule has 3 heterocycles. The van der Waals surface area contributed by atoms with Gasteiger partial charge in [0.2, 0.25) is 0 Å². The number of aromatic nitrogens is 1. The predicted molar refractivity (Wildman–Crippen MR) is 77.1 cm³/mol. The molecule has 2 fully saturated rings. The van der Waals surface area contributed by atoms with Gasteiger partial charge >= 0.3 is 0 Å².